The van der Waals surface area contributed by atoms with Crippen LogP contribution in [-0.4, -0.2) is 70.6 Å². The molecule has 1 aromatic heterocycles. The third-order valence-electron chi connectivity index (χ3n) is 5.17. The molecule has 0 spiro atoms. The second-order valence-electron chi connectivity index (χ2n) is 8.60. The number of nitrogens with two attached hydrogens (primary N) is 1. The number of carbonyl (C=O) groups excluding carboxylic acids is 2. The molecular formula is C21H31N5O4S. The van der Waals surface area contributed by atoms with Crippen molar-refractivity contribution in [1.82, 2.24) is 14.9 Å². The molecule has 0 unspecified atom stereocenters. The molecule has 170 valence electrons. The third kappa shape index (κ3) is 5.41. The lowest BCUT2D eigenvalue weighted by atomic mass is 10.1. The average Bonchev–Trinajstić information content (AvgIpc) is 2.96. The summed E-state index contributed by atoms with van der Waals surface area (Å²) < 4.78 is 10.6. The smallest absolute Gasteiger partial charge is 0.410 e. The van der Waals surface area contributed by atoms with Crippen LogP contribution >= 0.6 is 11.8 Å². The van der Waals surface area contributed by atoms with Crippen molar-refractivity contribution in [2.75, 3.05) is 36.6 Å². The maximum Gasteiger partial charge on any atom is 0.410 e. The molecule has 0 aromatic carbocycles. The number of amides is 1. The second kappa shape index (κ2) is 9.33. The number of aromatic nitrogens is 2. The van der Waals surface area contributed by atoms with E-state index in [1.54, 1.807) is 13.0 Å². The Balaban J connectivity index is 1.83. The predicted molar refractivity (Wildman–Crippen MR) is 121 cm³/mol. The summed E-state index contributed by atoms with van der Waals surface area (Å²) in [4.78, 5) is 37.5. The molecule has 2 aliphatic heterocycles. The largest absolute Gasteiger partial charge is 0.463 e. The quantitative estimate of drug-likeness (QED) is 0.314. The number of thioether (sulfide) groups is 1. The number of hydrogen-bond acceptors (Lipinski definition) is 9. The van der Waals surface area contributed by atoms with Crippen LogP contribution in [0.25, 0.3) is 6.08 Å². The molecule has 2 fully saturated rings. The number of hydrogen-bond donors (Lipinski definition) is 1. The van der Waals surface area contributed by atoms with Gasteiger partial charge in [0.25, 0.3) is 0 Å². The van der Waals surface area contributed by atoms with Gasteiger partial charge in [0.1, 0.15) is 11.3 Å². The van der Waals surface area contributed by atoms with Gasteiger partial charge in [0.2, 0.25) is 0 Å². The highest BCUT2D eigenvalue weighted by molar-refractivity contribution is 7.98. The summed E-state index contributed by atoms with van der Waals surface area (Å²) in [5, 5.41) is 0.564. The Morgan fingerprint density at radius 1 is 1.23 bits per heavy atom. The molecular weight excluding hydrogens is 418 g/mol. The standard InChI is InChI=1S/C21H31N5O4S/c1-6-29-16(27)10-9-15-17(22)18(24-19(23-15)31-5)25-11-13-7-8-14(12-25)26(13)20(28)30-21(2,3)4/h9-10,13-14H,6-8,11-12,22H2,1-5H3/b10-9+/t13-,14+. The first-order chi connectivity index (χ1) is 14.6. The molecule has 2 saturated heterocycles. The summed E-state index contributed by atoms with van der Waals surface area (Å²) >= 11 is 1.40. The topological polar surface area (TPSA) is 111 Å². The highest BCUT2D eigenvalue weighted by Crippen LogP contribution is 2.36. The zero-order valence-corrected chi connectivity index (χ0v) is 19.6. The monoisotopic (exact) mass is 449 g/mol. The highest BCUT2D eigenvalue weighted by atomic mass is 32.2. The number of nitrogens with zero attached hydrogens (tertiary/aromatic N) is 4. The number of fused-ring (bicyclic) bond motifs is 2. The third-order valence-corrected chi connectivity index (χ3v) is 5.71. The molecule has 2 aliphatic rings. The van der Waals surface area contributed by atoms with E-state index in [0.717, 1.165) is 12.8 Å². The van der Waals surface area contributed by atoms with Crippen molar-refractivity contribution < 1.29 is 19.1 Å². The number of piperazine rings is 1. The molecule has 3 heterocycles. The van der Waals surface area contributed by atoms with Gasteiger partial charge < -0.3 is 20.1 Å². The van der Waals surface area contributed by atoms with Crippen LogP contribution in [0.5, 0.6) is 0 Å². The molecule has 2 N–H and O–H groups in total. The second-order valence-corrected chi connectivity index (χ2v) is 9.37. The molecule has 1 aromatic rings. The first-order valence-electron chi connectivity index (χ1n) is 10.5. The fourth-order valence-electron chi connectivity index (χ4n) is 3.94. The van der Waals surface area contributed by atoms with Crippen LogP contribution in [0.3, 0.4) is 0 Å². The molecule has 0 saturated carbocycles. The normalized spacial score (nSPS) is 20.9. The van der Waals surface area contributed by atoms with Crippen molar-refractivity contribution in [2.24, 2.45) is 0 Å². The van der Waals surface area contributed by atoms with Crippen molar-refractivity contribution >= 4 is 41.4 Å². The maximum absolute atomic E-state index is 12.7. The van der Waals surface area contributed by atoms with Gasteiger partial charge >= 0.3 is 12.1 Å². The number of rotatable bonds is 5. The predicted octanol–water partition coefficient (Wildman–Crippen LogP) is 2.95. The lowest BCUT2D eigenvalue weighted by molar-refractivity contribution is -0.137. The number of nitrogen functional groups attached to an aromatic ring is 1. The Labute approximate surface area is 187 Å². The van der Waals surface area contributed by atoms with E-state index in [4.69, 9.17) is 15.2 Å². The molecule has 3 rings (SSSR count). The molecule has 1 amide bonds. The molecule has 0 aliphatic carbocycles. The van der Waals surface area contributed by atoms with Gasteiger partial charge in [-0.15, -0.1) is 0 Å². The van der Waals surface area contributed by atoms with E-state index in [0.29, 0.717) is 42.1 Å². The van der Waals surface area contributed by atoms with Gasteiger partial charge in [0.05, 0.1) is 24.4 Å². The van der Waals surface area contributed by atoms with Crippen LogP contribution in [-0.2, 0) is 14.3 Å². The zero-order chi connectivity index (χ0) is 22.8. The Bertz CT molecular complexity index is 856. The zero-order valence-electron chi connectivity index (χ0n) is 18.8. The van der Waals surface area contributed by atoms with Crippen molar-refractivity contribution in [3.05, 3.63) is 11.8 Å². The first kappa shape index (κ1) is 23.2. The van der Waals surface area contributed by atoms with E-state index in [1.165, 1.54) is 17.8 Å². The fraction of sp³-hybridized carbons (Fsp3) is 0.619. The summed E-state index contributed by atoms with van der Waals surface area (Å²) in [5.74, 6) is 0.181. The minimum Gasteiger partial charge on any atom is -0.463 e. The molecule has 9 nitrogen and oxygen atoms in total. The van der Waals surface area contributed by atoms with Crippen molar-refractivity contribution in [3.63, 3.8) is 0 Å². The number of ether oxygens (including phenoxy) is 2. The molecule has 31 heavy (non-hydrogen) atoms. The van der Waals surface area contributed by atoms with Crippen molar-refractivity contribution in [2.45, 2.75) is 63.4 Å². The Kier molecular flexibility index (Phi) is 6.98. The summed E-state index contributed by atoms with van der Waals surface area (Å²) in [6.07, 6.45) is 6.33. The van der Waals surface area contributed by atoms with Crippen LogP contribution < -0.4 is 10.6 Å². The van der Waals surface area contributed by atoms with E-state index in [9.17, 15) is 9.59 Å². The molecule has 2 atom stereocenters. The van der Waals surface area contributed by atoms with Crippen LogP contribution in [0.1, 0.15) is 46.2 Å². The Morgan fingerprint density at radius 3 is 2.42 bits per heavy atom. The van der Waals surface area contributed by atoms with Crippen LogP contribution in [0.2, 0.25) is 0 Å². The van der Waals surface area contributed by atoms with E-state index in [-0.39, 0.29) is 18.2 Å². The number of carbonyl (C=O) groups is 2. The van der Waals surface area contributed by atoms with E-state index < -0.39 is 11.6 Å². The Morgan fingerprint density at radius 2 is 1.87 bits per heavy atom. The van der Waals surface area contributed by atoms with Gasteiger partial charge in [0.15, 0.2) is 11.0 Å². The molecule has 10 heteroatoms. The lowest BCUT2D eigenvalue weighted by Gasteiger charge is -2.42. The highest BCUT2D eigenvalue weighted by Gasteiger charge is 2.45. The first-order valence-corrected chi connectivity index (χ1v) is 11.7. The van der Waals surface area contributed by atoms with Gasteiger partial charge in [-0.2, -0.15) is 0 Å². The fourth-order valence-corrected chi connectivity index (χ4v) is 4.31. The minimum atomic E-state index is -0.530. The molecule has 0 radical (unpaired) electrons. The average molecular weight is 450 g/mol. The van der Waals surface area contributed by atoms with Gasteiger partial charge in [-0.3, -0.25) is 4.90 Å². The summed E-state index contributed by atoms with van der Waals surface area (Å²) in [7, 11) is 0. The van der Waals surface area contributed by atoms with Gasteiger partial charge in [-0.25, -0.2) is 19.6 Å². The van der Waals surface area contributed by atoms with Crippen LogP contribution in [0.15, 0.2) is 11.2 Å². The van der Waals surface area contributed by atoms with E-state index >= 15 is 0 Å². The van der Waals surface area contributed by atoms with Crippen LogP contribution in [0.4, 0.5) is 16.3 Å². The number of anilines is 2. The minimum absolute atomic E-state index is 0.0409. The maximum atomic E-state index is 12.7. The van der Waals surface area contributed by atoms with E-state index in [1.807, 2.05) is 31.9 Å². The summed E-state index contributed by atoms with van der Waals surface area (Å²) in [5.41, 5.74) is 6.76. The molecule has 2 bridgehead atoms. The summed E-state index contributed by atoms with van der Waals surface area (Å²) in [6, 6.07) is 0.0819. The van der Waals surface area contributed by atoms with E-state index in [2.05, 4.69) is 14.9 Å². The van der Waals surface area contributed by atoms with Crippen molar-refractivity contribution in [1.29, 1.82) is 0 Å². The Hall–Kier alpha value is -2.49. The lowest BCUT2D eigenvalue weighted by Crippen LogP contribution is -2.57. The SMILES string of the molecule is CCOC(=O)/C=C/c1nc(SC)nc(N2C[C@H]3CC[C@@H](C2)N3C(=O)OC(C)(C)C)c1N. The van der Waals surface area contributed by atoms with Crippen molar-refractivity contribution in [3.8, 4) is 0 Å². The van der Waals surface area contributed by atoms with Gasteiger partial charge in [0, 0.05) is 19.2 Å². The summed E-state index contributed by atoms with van der Waals surface area (Å²) in [6.45, 7) is 8.91. The number of esters is 1. The van der Waals surface area contributed by atoms with Gasteiger partial charge in [-0.1, -0.05) is 11.8 Å². The van der Waals surface area contributed by atoms with Crippen LogP contribution in [0, 0.1) is 0 Å². The van der Waals surface area contributed by atoms with Gasteiger partial charge in [-0.05, 0) is 52.9 Å².